The first-order valence-corrected chi connectivity index (χ1v) is 5.18. The fourth-order valence-corrected chi connectivity index (χ4v) is 1.72. The number of hydrogen-bond donors (Lipinski definition) is 0. The molecule has 79 valence electrons. The van der Waals surface area contributed by atoms with Gasteiger partial charge in [0.2, 0.25) is 0 Å². The minimum atomic E-state index is 0. The van der Waals surface area contributed by atoms with Crippen molar-refractivity contribution < 1.29 is 32.7 Å². The van der Waals surface area contributed by atoms with Gasteiger partial charge in [0.15, 0.2) is 0 Å². The van der Waals surface area contributed by atoms with Gasteiger partial charge in [-0.1, -0.05) is 35.8 Å². The molecule has 0 aliphatic carbocycles. The smallest absolute Gasteiger partial charge is 0 e. The van der Waals surface area contributed by atoms with Crippen LogP contribution in [0.4, 0.5) is 0 Å². The molecule has 2 heteroatoms. The van der Waals surface area contributed by atoms with E-state index in [4.69, 9.17) is 0 Å². The summed E-state index contributed by atoms with van der Waals surface area (Å²) in [5.74, 6) is 0. The Kier molecular flexibility index (Phi) is 4.03. The summed E-state index contributed by atoms with van der Waals surface area (Å²) in [5, 5.41) is 1.13. The Labute approximate surface area is 126 Å². The number of hydrogen-bond acceptors (Lipinski definition) is 1. The van der Waals surface area contributed by atoms with E-state index in [1.54, 1.807) is 0 Å². The van der Waals surface area contributed by atoms with Crippen LogP contribution >= 0.6 is 0 Å². The van der Waals surface area contributed by atoms with Crippen LogP contribution in [0, 0.1) is 12.3 Å². The molecule has 3 rings (SSSR count). The van der Waals surface area contributed by atoms with Crippen LogP contribution < -0.4 is 0 Å². The topological polar surface area (TPSA) is 12.9 Å². The van der Waals surface area contributed by atoms with Crippen molar-refractivity contribution in [2.24, 2.45) is 0 Å². The van der Waals surface area contributed by atoms with Crippen molar-refractivity contribution in [3.05, 3.63) is 66.9 Å². The van der Waals surface area contributed by atoms with E-state index in [2.05, 4.69) is 29.4 Å². The predicted molar refractivity (Wildman–Crippen MR) is 64.9 cm³/mol. The van der Waals surface area contributed by atoms with Crippen molar-refractivity contribution in [2.45, 2.75) is 0 Å². The molecule has 0 spiro atoms. The Morgan fingerprint density at radius 2 is 1.71 bits per heavy atom. The van der Waals surface area contributed by atoms with E-state index < -0.39 is 0 Å². The Morgan fingerprint density at radius 3 is 2.53 bits per heavy atom. The van der Waals surface area contributed by atoms with Crippen molar-refractivity contribution in [1.29, 1.82) is 0 Å². The normalized spacial score (nSPS) is 9.88. The molecular weight excluding hydrogens is 283 g/mol. The van der Waals surface area contributed by atoms with Gasteiger partial charge >= 0.3 is 0 Å². The standard InChI is InChI=1S/C15H9N.Y/c1-2-6-12(7-3-1)14-10-13-8-4-5-9-15(13)16-11-14;/h1-6,8-10H;/q-2;. The van der Waals surface area contributed by atoms with Gasteiger partial charge in [0.1, 0.15) is 0 Å². The van der Waals surface area contributed by atoms with Crippen molar-refractivity contribution in [3.63, 3.8) is 0 Å². The van der Waals surface area contributed by atoms with Crippen LogP contribution in [0.15, 0.2) is 54.6 Å². The quantitative estimate of drug-likeness (QED) is 0.626. The van der Waals surface area contributed by atoms with Crippen LogP contribution in [-0.2, 0) is 32.7 Å². The molecule has 0 aliphatic heterocycles. The third-order valence-corrected chi connectivity index (χ3v) is 2.53. The number of para-hydroxylation sites is 1. The van der Waals surface area contributed by atoms with Gasteiger partial charge < -0.3 is 4.98 Å². The van der Waals surface area contributed by atoms with E-state index >= 15 is 0 Å². The van der Waals surface area contributed by atoms with E-state index in [9.17, 15) is 0 Å². The Bertz CT molecular complexity index is 620. The van der Waals surface area contributed by atoms with E-state index in [0.29, 0.717) is 0 Å². The zero-order valence-electron chi connectivity index (χ0n) is 9.22. The van der Waals surface area contributed by atoms with Crippen LogP contribution in [0.2, 0.25) is 0 Å². The summed E-state index contributed by atoms with van der Waals surface area (Å²) >= 11 is 0. The minimum Gasteiger partial charge on any atom is -0.362 e. The Balaban J connectivity index is 0.00000108. The summed E-state index contributed by atoms with van der Waals surface area (Å²) in [5.41, 5.74) is 2.99. The SMILES string of the molecule is [Y].[c-]1ccccc1-c1[c-]nc2ccccc2c1. The van der Waals surface area contributed by atoms with Gasteiger partial charge in [-0.15, -0.1) is 6.07 Å². The zero-order valence-corrected chi connectivity index (χ0v) is 12.1. The molecule has 0 fully saturated rings. The number of nitrogens with zero attached hydrogens (tertiary/aromatic N) is 1. The molecule has 0 unspecified atom stereocenters. The van der Waals surface area contributed by atoms with Gasteiger partial charge in [-0.2, -0.15) is 30.3 Å². The van der Waals surface area contributed by atoms with Crippen molar-refractivity contribution in [3.8, 4) is 11.1 Å². The first-order chi connectivity index (χ1) is 7.93. The van der Waals surface area contributed by atoms with E-state index in [-0.39, 0.29) is 32.7 Å². The average molecular weight is 292 g/mol. The molecule has 0 saturated heterocycles. The second-order valence-corrected chi connectivity index (χ2v) is 3.62. The fraction of sp³-hybridized carbons (Fsp3) is 0. The van der Waals surface area contributed by atoms with Gasteiger partial charge in [0.25, 0.3) is 0 Å². The minimum absolute atomic E-state index is 0. The first-order valence-electron chi connectivity index (χ1n) is 5.18. The largest absolute Gasteiger partial charge is 0.362 e. The molecule has 1 radical (unpaired) electrons. The number of aromatic nitrogens is 1. The molecule has 0 saturated carbocycles. The van der Waals surface area contributed by atoms with Gasteiger partial charge in [-0.3, -0.25) is 0 Å². The van der Waals surface area contributed by atoms with Crippen molar-refractivity contribution in [2.75, 3.05) is 0 Å². The van der Waals surface area contributed by atoms with Crippen LogP contribution in [0.1, 0.15) is 0 Å². The average Bonchev–Trinajstić information content (AvgIpc) is 2.39. The molecule has 3 aromatic rings. The summed E-state index contributed by atoms with van der Waals surface area (Å²) in [4.78, 5) is 4.31. The molecular formula is C15H9NY-2. The molecule has 0 amide bonds. The van der Waals surface area contributed by atoms with Gasteiger partial charge in [-0.25, -0.2) is 11.1 Å². The predicted octanol–water partition coefficient (Wildman–Crippen LogP) is 3.50. The molecule has 0 atom stereocenters. The summed E-state index contributed by atoms with van der Waals surface area (Å²) < 4.78 is 0. The van der Waals surface area contributed by atoms with E-state index in [1.807, 2.05) is 42.5 Å². The number of fused-ring (bicyclic) bond motifs is 1. The van der Waals surface area contributed by atoms with Crippen LogP contribution in [0.25, 0.3) is 22.0 Å². The molecule has 0 bridgehead atoms. The van der Waals surface area contributed by atoms with Crippen molar-refractivity contribution in [1.82, 2.24) is 4.98 Å². The maximum atomic E-state index is 4.31. The summed E-state index contributed by atoms with van der Waals surface area (Å²) in [6.07, 6.45) is 3.05. The maximum Gasteiger partial charge on any atom is 0 e. The molecule has 2 aromatic carbocycles. The molecule has 1 nitrogen and oxygen atoms in total. The second-order valence-electron chi connectivity index (χ2n) is 3.62. The van der Waals surface area contributed by atoms with Crippen molar-refractivity contribution >= 4 is 10.9 Å². The molecule has 1 aromatic heterocycles. The Morgan fingerprint density at radius 1 is 0.882 bits per heavy atom. The fourth-order valence-electron chi connectivity index (χ4n) is 1.72. The van der Waals surface area contributed by atoms with E-state index in [0.717, 1.165) is 22.0 Å². The van der Waals surface area contributed by atoms with Crippen LogP contribution in [0.5, 0.6) is 0 Å². The third kappa shape index (κ3) is 2.62. The maximum absolute atomic E-state index is 4.31. The monoisotopic (exact) mass is 292 g/mol. The zero-order chi connectivity index (χ0) is 10.8. The van der Waals surface area contributed by atoms with E-state index in [1.165, 1.54) is 0 Å². The van der Waals surface area contributed by atoms with Crippen LogP contribution in [0.3, 0.4) is 0 Å². The number of rotatable bonds is 1. The van der Waals surface area contributed by atoms with Gasteiger partial charge in [0.05, 0.1) is 0 Å². The van der Waals surface area contributed by atoms with Crippen LogP contribution in [-0.4, -0.2) is 4.98 Å². The molecule has 17 heavy (non-hydrogen) atoms. The first kappa shape index (κ1) is 12.4. The van der Waals surface area contributed by atoms with Gasteiger partial charge in [-0.05, 0) is 5.52 Å². The second kappa shape index (κ2) is 5.53. The third-order valence-electron chi connectivity index (χ3n) is 2.53. The molecule has 0 aliphatic rings. The summed E-state index contributed by atoms with van der Waals surface area (Å²) in [6, 6.07) is 21.2. The van der Waals surface area contributed by atoms with Gasteiger partial charge in [0, 0.05) is 32.7 Å². The molecule has 0 N–H and O–H groups in total. The number of pyridine rings is 1. The Hall–Kier alpha value is -1.05. The number of benzene rings is 2. The summed E-state index contributed by atoms with van der Waals surface area (Å²) in [7, 11) is 0. The molecule has 1 heterocycles. The summed E-state index contributed by atoms with van der Waals surface area (Å²) in [6.45, 7) is 0.